The van der Waals surface area contributed by atoms with Gasteiger partial charge in [-0.1, -0.05) is 35.5 Å². The van der Waals surface area contributed by atoms with Gasteiger partial charge in [0.1, 0.15) is 0 Å². The molecule has 0 amide bonds. The molecule has 19 heavy (non-hydrogen) atoms. The Labute approximate surface area is 116 Å². The number of rotatable bonds is 5. The molecule has 1 atom stereocenters. The van der Waals surface area contributed by atoms with Crippen LogP contribution in [0.5, 0.6) is 0 Å². The number of hydrogen-bond donors (Lipinski definition) is 3. The van der Waals surface area contributed by atoms with Gasteiger partial charge >= 0.3 is 0 Å². The standard InChI is InChI=1S/C14H17N3OS/c1-10(13-7-4-8-19-13)16-9-11-5-2-3-6-12(11)14(15)17-18/h2-8,10,16,18H,9H2,1H3,(H2,15,17)/t10-/m1/s1. The van der Waals surface area contributed by atoms with Crippen molar-refractivity contribution in [3.63, 3.8) is 0 Å². The summed E-state index contributed by atoms with van der Waals surface area (Å²) in [5.74, 6) is 0.140. The van der Waals surface area contributed by atoms with Crippen LogP contribution in [0.15, 0.2) is 46.9 Å². The third-order valence-corrected chi connectivity index (χ3v) is 4.02. The van der Waals surface area contributed by atoms with Gasteiger partial charge in [-0.05, 0) is 23.9 Å². The molecular weight excluding hydrogens is 258 g/mol. The highest BCUT2D eigenvalue weighted by Gasteiger charge is 2.09. The Morgan fingerprint density at radius 2 is 2.16 bits per heavy atom. The van der Waals surface area contributed by atoms with Crippen molar-refractivity contribution in [2.24, 2.45) is 10.9 Å². The number of nitrogens with two attached hydrogens (primary N) is 1. The summed E-state index contributed by atoms with van der Waals surface area (Å²) in [5, 5.41) is 17.4. The van der Waals surface area contributed by atoms with Crippen LogP contribution in [0.4, 0.5) is 0 Å². The van der Waals surface area contributed by atoms with E-state index in [-0.39, 0.29) is 11.9 Å². The van der Waals surface area contributed by atoms with Crippen LogP contribution in [0.25, 0.3) is 0 Å². The van der Waals surface area contributed by atoms with Gasteiger partial charge in [0.25, 0.3) is 0 Å². The van der Waals surface area contributed by atoms with Gasteiger partial charge in [0.2, 0.25) is 0 Å². The van der Waals surface area contributed by atoms with Crippen LogP contribution in [0.1, 0.15) is 29.0 Å². The molecule has 0 fully saturated rings. The average Bonchev–Trinajstić information content (AvgIpc) is 2.98. The van der Waals surface area contributed by atoms with Crippen molar-refractivity contribution < 1.29 is 5.21 Å². The molecule has 4 nitrogen and oxygen atoms in total. The molecule has 1 heterocycles. The molecule has 2 rings (SSSR count). The van der Waals surface area contributed by atoms with E-state index in [1.54, 1.807) is 11.3 Å². The Morgan fingerprint density at radius 1 is 1.37 bits per heavy atom. The molecule has 1 aromatic carbocycles. The molecule has 0 aliphatic rings. The summed E-state index contributed by atoms with van der Waals surface area (Å²) in [7, 11) is 0. The molecule has 100 valence electrons. The van der Waals surface area contributed by atoms with Crippen LogP contribution in [0.2, 0.25) is 0 Å². The van der Waals surface area contributed by atoms with Crippen LogP contribution < -0.4 is 11.1 Å². The van der Waals surface area contributed by atoms with E-state index in [1.165, 1.54) is 4.88 Å². The van der Waals surface area contributed by atoms with Gasteiger partial charge in [-0.2, -0.15) is 0 Å². The predicted molar refractivity (Wildman–Crippen MR) is 78.5 cm³/mol. The van der Waals surface area contributed by atoms with Crippen LogP contribution in [0.3, 0.4) is 0 Å². The lowest BCUT2D eigenvalue weighted by Gasteiger charge is -2.14. The van der Waals surface area contributed by atoms with Crippen LogP contribution in [-0.2, 0) is 6.54 Å². The molecule has 0 aliphatic heterocycles. The molecular formula is C14H17N3OS. The van der Waals surface area contributed by atoms with Crippen molar-refractivity contribution in [1.82, 2.24) is 5.32 Å². The Hall–Kier alpha value is -1.85. The summed E-state index contributed by atoms with van der Waals surface area (Å²) in [4.78, 5) is 1.29. The molecule has 0 saturated heterocycles. The Morgan fingerprint density at radius 3 is 2.84 bits per heavy atom. The molecule has 0 saturated carbocycles. The second-order valence-electron chi connectivity index (χ2n) is 4.26. The van der Waals surface area contributed by atoms with Gasteiger partial charge in [-0.3, -0.25) is 0 Å². The summed E-state index contributed by atoms with van der Waals surface area (Å²) in [6.07, 6.45) is 0. The van der Waals surface area contributed by atoms with Crippen molar-refractivity contribution >= 4 is 17.2 Å². The second-order valence-corrected chi connectivity index (χ2v) is 5.24. The van der Waals surface area contributed by atoms with E-state index < -0.39 is 0 Å². The summed E-state index contributed by atoms with van der Waals surface area (Å²) in [6, 6.07) is 12.1. The lowest BCUT2D eigenvalue weighted by atomic mass is 10.1. The first-order chi connectivity index (χ1) is 9.22. The normalized spacial score (nSPS) is 13.4. The van der Waals surface area contributed by atoms with Crippen molar-refractivity contribution in [3.8, 4) is 0 Å². The van der Waals surface area contributed by atoms with E-state index in [2.05, 4.69) is 28.8 Å². The summed E-state index contributed by atoms with van der Waals surface area (Å²) < 4.78 is 0. The van der Waals surface area contributed by atoms with E-state index in [4.69, 9.17) is 10.9 Å². The Bertz CT molecular complexity index is 552. The van der Waals surface area contributed by atoms with Crippen LogP contribution in [0, 0.1) is 0 Å². The fourth-order valence-electron chi connectivity index (χ4n) is 1.88. The molecule has 1 aromatic heterocycles. The van der Waals surface area contributed by atoms with E-state index in [0.29, 0.717) is 6.54 Å². The van der Waals surface area contributed by atoms with Gasteiger partial charge in [-0.15, -0.1) is 11.3 Å². The van der Waals surface area contributed by atoms with Crippen molar-refractivity contribution in [2.45, 2.75) is 19.5 Å². The van der Waals surface area contributed by atoms with Crippen LogP contribution in [-0.4, -0.2) is 11.0 Å². The molecule has 0 spiro atoms. The second kappa shape index (κ2) is 6.36. The van der Waals surface area contributed by atoms with Gasteiger partial charge in [0, 0.05) is 23.0 Å². The third-order valence-electron chi connectivity index (χ3n) is 2.97. The number of oxime groups is 1. The van der Waals surface area contributed by atoms with Crippen molar-refractivity contribution in [2.75, 3.05) is 0 Å². The SMILES string of the molecule is C[C@@H](NCc1ccccc1/C(N)=N/O)c1cccs1. The first-order valence-electron chi connectivity index (χ1n) is 6.05. The fourth-order valence-corrected chi connectivity index (χ4v) is 2.64. The lowest BCUT2D eigenvalue weighted by molar-refractivity contribution is 0.318. The highest BCUT2D eigenvalue weighted by Crippen LogP contribution is 2.19. The van der Waals surface area contributed by atoms with E-state index in [0.717, 1.165) is 11.1 Å². The summed E-state index contributed by atoms with van der Waals surface area (Å²) in [6.45, 7) is 2.80. The molecule has 0 unspecified atom stereocenters. The predicted octanol–water partition coefficient (Wildman–Crippen LogP) is 2.69. The Kier molecular flexibility index (Phi) is 4.54. The topological polar surface area (TPSA) is 70.6 Å². The first kappa shape index (κ1) is 13.6. The Balaban J connectivity index is 2.08. The van der Waals surface area contributed by atoms with Gasteiger partial charge in [0.15, 0.2) is 5.84 Å². The zero-order valence-corrected chi connectivity index (χ0v) is 11.5. The molecule has 0 bridgehead atoms. The minimum Gasteiger partial charge on any atom is -0.409 e. The molecule has 4 N–H and O–H groups in total. The van der Waals surface area contributed by atoms with E-state index in [9.17, 15) is 0 Å². The molecule has 0 radical (unpaired) electrons. The molecule has 2 aromatic rings. The average molecular weight is 275 g/mol. The van der Waals surface area contributed by atoms with E-state index in [1.807, 2.05) is 30.3 Å². The highest BCUT2D eigenvalue weighted by molar-refractivity contribution is 7.10. The minimum absolute atomic E-state index is 0.140. The maximum absolute atomic E-state index is 8.78. The molecule has 5 heteroatoms. The summed E-state index contributed by atoms with van der Waals surface area (Å²) >= 11 is 1.73. The third kappa shape index (κ3) is 3.33. The minimum atomic E-state index is 0.140. The zero-order chi connectivity index (χ0) is 13.7. The quantitative estimate of drug-likeness (QED) is 0.340. The number of benzene rings is 1. The van der Waals surface area contributed by atoms with Gasteiger partial charge in [-0.25, -0.2) is 0 Å². The molecule has 0 aliphatic carbocycles. The van der Waals surface area contributed by atoms with Crippen molar-refractivity contribution in [1.29, 1.82) is 0 Å². The summed E-state index contributed by atoms with van der Waals surface area (Å²) in [5.41, 5.74) is 7.45. The first-order valence-corrected chi connectivity index (χ1v) is 6.93. The lowest BCUT2D eigenvalue weighted by Crippen LogP contribution is -2.21. The smallest absolute Gasteiger partial charge is 0.170 e. The van der Waals surface area contributed by atoms with Gasteiger partial charge < -0.3 is 16.3 Å². The highest BCUT2D eigenvalue weighted by atomic mass is 32.1. The van der Waals surface area contributed by atoms with Crippen molar-refractivity contribution in [3.05, 3.63) is 57.8 Å². The monoisotopic (exact) mass is 275 g/mol. The maximum atomic E-state index is 8.78. The van der Waals surface area contributed by atoms with E-state index >= 15 is 0 Å². The number of thiophene rings is 1. The van der Waals surface area contributed by atoms with Crippen LogP contribution >= 0.6 is 11.3 Å². The number of hydrogen-bond acceptors (Lipinski definition) is 4. The largest absolute Gasteiger partial charge is 0.409 e. The van der Waals surface area contributed by atoms with Gasteiger partial charge in [0.05, 0.1) is 0 Å². The maximum Gasteiger partial charge on any atom is 0.170 e. The zero-order valence-electron chi connectivity index (χ0n) is 10.7. The fraction of sp³-hybridized carbons (Fsp3) is 0.214. The number of amidine groups is 1. The number of nitrogens with one attached hydrogen (secondary N) is 1. The number of nitrogens with zero attached hydrogens (tertiary/aromatic N) is 1.